The number of rotatable bonds is 4. The molecule has 0 radical (unpaired) electrons. The van der Waals surface area contributed by atoms with E-state index in [9.17, 15) is 12.8 Å². The largest absolute Gasteiger partial charge is 0.340 e. The molecule has 0 spiro atoms. The first kappa shape index (κ1) is 16.4. The Morgan fingerprint density at radius 1 is 0.958 bits per heavy atom. The Kier molecular flexibility index (Phi) is 4.26. The summed E-state index contributed by atoms with van der Waals surface area (Å²) in [6.07, 6.45) is 0. The number of nitrogens with zero attached hydrogens (tertiary/aromatic N) is 1. The van der Waals surface area contributed by atoms with E-state index in [4.69, 9.17) is 5.14 Å². The Morgan fingerprint density at radius 3 is 2.17 bits per heavy atom. The number of aryl methyl sites for hydroxylation is 1. The minimum atomic E-state index is -3.69. The predicted octanol–water partition coefficient (Wildman–Crippen LogP) is 3.30. The molecule has 0 saturated heterocycles. The summed E-state index contributed by atoms with van der Waals surface area (Å²) < 4.78 is 37.9. The maximum atomic E-state index is 13.1. The van der Waals surface area contributed by atoms with E-state index >= 15 is 0 Å². The summed E-state index contributed by atoms with van der Waals surface area (Å²) in [5.74, 6) is -0.271. The molecule has 0 aliphatic carbocycles. The van der Waals surface area contributed by atoms with Crippen molar-refractivity contribution in [2.24, 2.45) is 5.14 Å². The molecule has 0 bridgehead atoms. The number of nitrogens with two attached hydrogens (primary N) is 1. The molecule has 124 valence electrons. The number of sulfonamides is 1. The van der Waals surface area contributed by atoms with E-state index in [2.05, 4.69) is 4.57 Å². The maximum absolute atomic E-state index is 13.1. The first-order chi connectivity index (χ1) is 11.3. The number of halogens is 1. The van der Waals surface area contributed by atoms with Crippen molar-refractivity contribution in [3.05, 3.63) is 77.7 Å². The van der Waals surface area contributed by atoms with Gasteiger partial charge in [0, 0.05) is 17.9 Å². The van der Waals surface area contributed by atoms with Gasteiger partial charge in [0.1, 0.15) is 5.82 Å². The second kappa shape index (κ2) is 6.22. The quantitative estimate of drug-likeness (QED) is 0.789. The molecular weight excluding hydrogens is 327 g/mol. The molecule has 0 unspecified atom stereocenters. The number of hydrogen-bond acceptors (Lipinski definition) is 2. The lowest BCUT2D eigenvalue weighted by atomic mass is 10.1. The van der Waals surface area contributed by atoms with Gasteiger partial charge in [-0.1, -0.05) is 12.1 Å². The Balaban J connectivity index is 1.93. The van der Waals surface area contributed by atoms with Crippen LogP contribution < -0.4 is 5.14 Å². The number of aromatic nitrogens is 1. The third-order valence-corrected chi connectivity index (χ3v) is 4.86. The van der Waals surface area contributed by atoms with Crippen LogP contribution >= 0.6 is 0 Å². The summed E-state index contributed by atoms with van der Waals surface area (Å²) in [4.78, 5) is 0.0919. The number of benzene rings is 2. The molecule has 6 heteroatoms. The third kappa shape index (κ3) is 3.39. The summed E-state index contributed by atoms with van der Waals surface area (Å²) in [5, 5.41) is 5.12. The zero-order valence-corrected chi connectivity index (χ0v) is 13.9. The first-order valence-electron chi connectivity index (χ1n) is 7.38. The molecule has 0 saturated carbocycles. The van der Waals surface area contributed by atoms with Gasteiger partial charge in [-0.25, -0.2) is 17.9 Å². The molecule has 1 heterocycles. The van der Waals surface area contributed by atoms with Gasteiger partial charge in [0.15, 0.2) is 0 Å². The summed E-state index contributed by atoms with van der Waals surface area (Å²) in [6.45, 7) is 2.57. The minimum absolute atomic E-state index is 0.0919. The van der Waals surface area contributed by atoms with Crippen molar-refractivity contribution in [3.8, 4) is 11.3 Å². The van der Waals surface area contributed by atoms with Gasteiger partial charge in [-0.15, -0.1) is 0 Å². The fourth-order valence-corrected chi connectivity index (χ4v) is 3.13. The topological polar surface area (TPSA) is 65.1 Å². The molecule has 2 aromatic carbocycles. The minimum Gasteiger partial charge on any atom is -0.340 e. The molecule has 3 aromatic rings. The van der Waals surface area contributed by atoms with Gasteiger partial charge in [0.05, 0.1) is 4.90 Å². The van der Waals surface area contributed by atoms with Crippen LogP contribution in [0, 0.1) is 12.7 Å². The van der Waals surface area contributed by atoms with Crippen molar-refractivity contribution in [1.29, 1.82) is 0 Å². The lowest BCUT2D eigenvalue weighted by molar-refractivity contribution is 0.597. The van der Waals surface area contributed by atoms with E-state index in [-0.39, 0.29) is 10.7 Å². The Morgan fingerprint density at radius 2 is 1.58 bits per heavy atom. The molecule has 0 atom stereocenters. The molecule has 4 nitrogen and oxygen atoms in total. The lowest BCUT2D eigenvalue weighted by Gasteiger charge is -2.12. The van der Waals surface area contributed by atoms with Gasteiger partial charge in [-0.05, 0) is 66.6 Å². The van der Waals surface area contributed by atoms with Crippen LogP contribution in [0.4, 0.5) is 4.39 Å². The summed E-state index contributed by atoms with van der Waals surface area (Å²) >= 11 is 0. The van der Waals surface area contributed by atoms with Crippen LogP contribution in [0.15, 0.2) is 65.6 Å². The third-order valence-electron chi connectivity index (χ3n) is 3.93. The molecule has 1 aromatic heterocycles. The highest BCUT2D eigenvalue weighted by molar-refractivity contribution is 7.89. The van der Waals surface area contributed by atoms with E-state index in [1.807, 2.05) is 19.1 Å². The Bertz CT molecular complexity index is 959. The van der Waals surface area contributed by atoms with Crippen LogP contribution in [0.1, 0.15) is 11.3 Å². The van der Waals surface area contributed by atoms with Crippen LogP contribution in [0.25, 0.3) is 11.3 Å². The van der Waals surface area contributed by atoms with Crippen molar-refractivity contribution in [3.63, 3.8) is 0 Å². The molecule has 0 aliphatic rings. The van der Waals surface area contributed by atoms with Gasteiger partial charge in [0.25, 0.3) is 0 Å². The molecule has 0 fully saturated rings. The highest BCUT2D eigenvalue weighted by Gasteiger charge is 2.10. The number of hydrogen-bond donors (Lipinski definition) is 1. The summed E-state index contributed by atoms with van der Waals surface area (Å²) in [5.41, 5.74) is 3.91. The lowest BCUT2D eigenvalue weighted by Crippen LogP contribution is -2.12. The molecule has 24 heavy (non-hydrogen) atoms. The van der Waals surface area contributed by atoms with Gasteiger partial charge < -0.3 is 4.57 Å². The van der Waals surface area contributed by atoms with Crippen molar-refractivity contribution in [1.82, 2.24) is 4.57 Å². The smallest absolute Gasteiger partial charge is 0.238 e. The summed E-state index contributed by atoms with van der Waals surface area (Å²) in [6, 6.07) is 16.8. The monoisotopic (exact) mass is 344 g/mol. The van der Waals surface area contributed by atoms with Gasteiger partial charge >= 0.3 is 0 Å². The van der Waals surface area contributed by atoms with E-state index in [0.29, 0.717) is 6.54 Å². The van der Waals surface area contributed by atoms with E-state index < -0.39 is 10.0 Å². The van der Waals surface area contributed by atoms with Crippen LogP contribution in [0.2, 0.25) is 0 Å². The second-order valence-corrected chi connectivity index (χ2v) is 7.20. The average molecular weight is 344 g/mol. The van der Waals surface area contributed by atoms with E-state index in [1.54, 1.807) is 24.3 Å². The highest BCUT2D eigenvalue weighted by Crippen LogP contribution is 2.24. The predicted molar refractivity (Wildman–Crippen MR) is 91.5 cm³/mol. The fourth-order valence-electron chi connectivity index (χ4n) is 2.62. The van der Waals surface area contributed by atoms with Gasteiger partial charge in [0.2, 0.25) is 10.0 Å². The highest BCUT2D eigenvalue weighted by atomic mass is 32.2. The Hall–Kier alpha value is -2.44. The first-order valence-corrected chi connectivity index (χ1v) is 8.93. The average Bonchev–Trinajstić information content (AvgIpc) is 2.89. The van der Waals surface area contributed by atoms with Crippen LogP contribution in [-0.4, -0.2) is 13.0 Å². The molecular formula is C18H17FN2O2S. The van der Waals surface area contributed by atoms with Crippen molar-refractivity contribution in [2.45, 2.75) is 18.4 Å². The second-order valence-electron chi connectivity index (χ2n) is 5.64. The van der Waals surface area contributed by atoms with Gasteiger partial charge in [-0.2, -0.15) is 0 Å². The molecule has 2 N–H and O–H groups in total. The van der Waals surface area contributed by atoms with Crippen molar-refractivity contribution in [2.75, 3.05) is 0 Å². The molecule has 3 rings (SSSR count). The van der Waals surface area contributed by atoms with Crippen LogP contribution in [0.3, 0.4) is 0 Å². The zero-order chi connectivity index (χ0) is 17.3. The van der Waals surface area contributed by atoms with E-state index in [1.165, 1.54) is 24.3 Å². The molecule has 0 aliphatic heterocycles. The number of primary sulfonamides is 1. The van der Waals surface area contributed by atoms with Crippen LogP contribution in [0.5, 0.6) is 0 Å². The standard InChI is InChI=1S/C18H17FN2O2S/c1-13-2-11-18(15-5-7-16(19)8-6-15)21(13)12-14-3-9-17(10-4-14)24(20,22)23/h2-11H,12H2,1H3,(H2,20,22,23). The van der Waals surface area contributed by atoms with Crippen LogP contribution in [-0.2, 0) is 16.6 Å². The molecule has 0 amide bonds. The fraction of sp³-hybridized carbons (Fsp3) is 0.111. The van der Waals surface area contributed by atoms with Crippen molar-refractivity contribution < 1.29 is 12.8 Å². The van der Waals surface area contributed by atoms with Crippen molar-refractivity contribution >= 4 is 10.0 Å². The summed E-state index contributed by atoms with van der Waals surface area (Å²) in [7, 11) is -3.69. The Labute approximate surface area is 140 Å². The normalized spacial score (nSPS) is 11.6. The zero-order valence-electron chi connectivity index (χ0n) is 13.1. The van der Waals surface area contributed by atoms with Gasteiger partial charge in [-0.3, -0.25) is 0 Å². The SMILES string of the molecule is Cc1ccc(-c2ccc(F)cc2)n1Cc1ccc(S(N)(=O)=O)cc1. The van der Waals surface area contributed by atoms with E-state index in [0.717, 1.165) is 22.5 Å². The maximum Gasteiger partial charge on any atom is 0.238 e.